The fraction of sp³-hybridized carbons (Fsp3) is 0.348. The summed E-state index contributed by atoms with van der Waals surface area (Å²) in [5.74, 6) is 0.0908. The summed E-state index contributed by atoms with van der Waals surface area (Å²) in [5, 5.41) is 4.42. The van der Waals surface area contributed by atoms with Crippen LogP contribution in [0.1, 0.15) is 44.2 Å². The van der Waals surface area contributed by atoms with Crippen molar-refractivity contribution in [2.24, 2.45) is 0 Å². The number of nitrogens with zero attached hydrogens (tertiary/aromatic N) is 2. The van der Waals surface area contributed by atoms with Crippen molar-refractivity contribution in [2.75, 3.05) is 6.67 Å². The molecule has 3 nitrogen and oxygen atoms in total. The summed E-state index contributed by atoms with van der Waals surface area (Å²) in [6.07, 6.45) is -0.687. The quantitative estimate of drug-likeness (QED) is 0.353. The van der Waals surface area contributed by atoms with Crippen molar-refractivity contribution in [3.05, 3.63) is 76.9 Å². The Bertz CT molecular complexity index is 1000. The number of hydrogen-bond acceptors (Lipinski definition) is 2. The molecule has 0 saturated heterocycles. The zero-order chi connectivity index (χ0) is 22.6. The second kappa shape index (κ2) is 9.49. The Hall–Kier alpha value is -2.90. The molecule has 8 heteroatoms. The van der Waals surface area contributed by atoms with Crippen LogP contribution in [0.25, 0.3) is 5.57 Å². The summed E-state index contributed by atoms with van der Waals surface area (Å²) in [5.41, 5.74) is 0.292. The Kier molecular flexibility index (Phi) is 6.97. The van der Waals surface area contributed by atoms with Crippen molar-refractivity contribution in [3.63, 3.8) is 0 Å². The molecule has 2 aromatic rings. The fourth-order valence-corrected chi connectivity index (χ4v) is 3.45. The van der Waals surface area contributed by atoms with Gasteiger partial charge in [0.05, 0.1) is 17.0 Å². The smallest absolute Gasteiger partial charge is 0.416 e. The zero-order valence-electron chi connectivity index (χ0n) is 17.2. The van der Waals surface area contributed by atoms with E-state index in [9.17, 15) is 22.0 Å². The van der Waals surface area contributed by atoms with E-state index >= 15 is 0 Å². The van der Waals surface area contributed by atoms with Crippen molar-refractivity contribution in [1.82, 2.24) is 9.78 Å². The van der Waals surface area contributed by atoms with E-state index < -0.39 is 18.4 Å². The van der Waals surface area contributed by atoms with Crippen LogP contribution in [0.4, 0.5) is 22.0 Å². The van der Waals surface area contributed by atoms with Gasteiger partial charge in [-0.05, 0) is 55.3 Å². The minimum atomic E-state index is -4.56. The molecule has 0 N–H and O–H groups in total. The van der Waals surface area contributed by atoms with Gasteiger partial charge >= 0.3 is 6.18 Å². The number of halogens is 5. The molecule has 0 bridgehead atoms. The highest BCUT2D eigenvalue weighted by atomic mass is 19.4. The summed E-state index contributed by atoms with van der Waals surface area (Å²) in [7, 11) is 0. The molecule has 1 aliphatic rings. The van der Waals surface area contributed by atoms with E-state index in [4.69, 9.17) is 4.74 Å². The average Bonchev–Trinajstić information content (AvgIpc) is 3.30. The van der Waals surface area contributed by atoms with Crippen LogP contribution in [0.3, 0.4) is 0 Å². The third kappa shape index (κ3) is 5.24. The van der Waals surface area contributed by atoms with Crippen LogP contribution in [-0.4, -0.2) is 22.6 Å². The highest BCUT2D eigenvalue weighted by molar-refractivity contribution is 5.79. The molecule has 2 heterocycles. The molecular weight excluding hydrogens is 415 g/mol. The number of fused-ring (bicyclic) bond motifs is 1. The number of allylic oxidation sites excluding steroid dienone is 6. The number of aryl methyl sites for hydroxylation is 1. The van der Waals surface area contributed by atoms with Crippen LogP contribution in [-0.2, 0) is 6.54 Å². The van der Waals surface area contributed by atoms with E-state index in [-0.39, 0.29) is 35.2 Å². The first-order chi connectivity index (χ1) is 14.8. The summed E-state index contributed by atoms with van der Waals surface area (Å²) < 4.78 is 74.7. The molecule has 0 aliphatic carbocycles. The standard InChI is InChI=1S/C23H23F5N2O/c1-3-5-16(23(26,27)28)12-19(15(4-2)14-24)20-13-21-22(10-11-30(21)29-20)31-18-8-6-17(25)7-9-18/h4-9,12-13,22H,3,10-11,14H2,1-2H3/b15-4-,16-5-,19-12+. The molecule has 0 radical (unpaired) electrons. The second-order valence-electron chi connectivity index (χ2n) is 7.10. The van der Waals surface area contributed by atoms with E-state index in [1.54, 1.807) is 24.6 Å². The lowest BCUT2D eigenvalue weighted by Gasteiger charge is -2.13. The summed E-state index contributed by atoms with van der Waals surface area (Å²) in [4.78, 5) is 0. The van der Waals surface area contributed by atoms with Gasteiger partial charge in [0, 0.05) is 18.5 Å². The van der Waals surface area contributed by atoms with Crippen LogP contribution in [0.15, 0.2) is 59.7 Å². The summed E-state index contributed by atoms with van der Waals surface area (Å²) >= 11 is 0. The van der Waals surface area contributed by atoms with Gasteiger partial charge in [0.25, 0.3) is 0 Å². The Balaban J connectivity index is 1.98. The summed E-state index contributed by atoms with van der Waals surface area (Å²) in [6, 6.07) is 7.21. The van der Waals surface area contributed by atoms with Gasteiger partial charge in [-0.15, -0.1) is 0 Å². The molecule has 1 unspecified atom stereocenters. The van der Waals surface area contributed by atoms with Crippen molar-refractivity contribution in [2.45, 2.75) is 45.5 Å². The Morgan fingerprint density at radius 3 is 2.55 bits per heavy atom. The van der Waals surface area contributed by atoms with Crippen LogP contribution >= 0.6 is 0 Å². The number of benzene rings is 1. The van der Waals surface area contributed by atoms with Gasteiger partial charge in [-0.25, -0.2) is 8.78 Å². The molecule has 0 saturated carbocycles. The van der Waals surface area contributed by atoms with Gasteiger partial charge in [0.15, 0.2) is 0 Å². The Morgan fingerprint density at radius 1 is 1.26 bits per heavy atom. The lowest BCUT2D eigenvalue weighted by atomic mass is 9.99. The minimum Gasteiger partial charge on any atom is -0.484 e. The van der Waals surface area contributed by atoms with E-state index in [1.807, 2.05) is 0 Å². The second-order valence-corrected chi connectivity index (χ2v) is 7.10. The first-order valence-corrected chi connectivity index (χ1v) is 9.97. The van der Waals surface area contributed by atoms with E-state index in [0.717, 1.165) is 12.2 Å². The minimum absolute atomic E-state index is 0.0875. The normalized spacial score (nSPS) is 17.8. The number of rotatable bonds is 7. The molecule has 1 aromatic heterocycles. The van der Waals surface area contributed by atoms with E-state index in [1.165, 1.54) is 30.3 Å². The van der Waals surface area contributed by atoms with Gasteiger partial charge in [-0.3, -0.25) is 4.68 Å². The average molecular weight is 438 g/mol. The van der Waals surface area contributed by atoms with Crippen molar-refractivity contribution in [3.8, 4) is 5.75 Å². The van der Waals surface area contributed by atoms with Crippen LogP contribution in [0.5, 0.6) is 5.75 Å². The first-order valence-electron chi connectivity index (χ1n) is 9.97. The Labute approximate surface area is 177 Å². The summed E-state index contributed by atoms with van der Waals surface area (Å²) in [6.45, 7) is 2.76. The van der Waals surface area contributed by atoms with Gasteiger partial charge in [0.1, 0.15) is 24.3 Å². The lowest BCUT2D eigenvalue weighted by Crippen LogP contribution is -2.11. The maximum atomic E-state index is 13.6. The molecule has 31 heavy (non-hydrogen) atoms. The molecule has 0 amide bonds. The first kappa shape index (κ1) is 22.8. The largest absolute Gasteiger partial charge is 0.484 e. The molecule has 0 spiro atoms. The molecule has 1 aliphatic heterocycles. The molecule has 1 aromatic carbocycles. The SMILES string of the molecule is C\C=C(CF)/C(=C\C(=C\CC)C(F)(F)F)c1cc2n(n1)CCC2Oc1ccc(F)cc1. The maximum absolute atomic E-state index is 13.6. The van der Waals surface area contributed by atoms with Crippen molar-refractivity contribution < 1.29 is 26.7 Å². The highest BCUT2D eigenvalue weighted by Crippen LogP contribution is 2.36. The number of ether oxygens (including phenoxy) is 1. The predicted octanol–water partition coefficient (Wildman–Crippen LogP) is 6.74. The van der Waals surface area contributed by atoms with Gasteiger partial charge in [-0.2, -0.15) is 18.3 Å². The molecule has 166 valence electrons. The molecule has 1 atom stereocenters. The van der Waals surface area contributed by atoms with Gasteiger partial charge in [0.2, 0.25) is 0 Å². The number of hydrogen-bond donors (Lipinski definition) is 0. The highest BCUT2D eigenvalue weighted by Gasteiger charge is 2.33. The van der Waals surface area contributed by atoms with Crippen molar-refractivity contribution in [1.29, 1.82) is 0 Å². The Morgan fingerprint density at radius 2 is 1.97 bits per heavy atom. The molecular formula is C23H23F5N2O. The lowest BCUT2D eigenvalue weighted by molar-refractivity contribution is -0.0883. The monoisotopic (exact) mass is 438 g/mol. The number of aromatic nitrogens is 2. The van der Waals surface area contributed by atoms with E-state index in [2.05, 4.69) is 5.10 Å². The zero-order valence-corrected chi connectivity index (χ0v) is 17.2. The maximum Gasteiger partial charge on any atom is 0.416 e. The third-order valence-electron chi connectivity index (χ3n) is 5.00. The molecule has 0 fully saturated rings. The van der Waals surface area contributed by atoms with E-state index in [0.29, 0.717) is 24.4 Å². The van der Waals surface area contributed by atoms with Crippen LogP contribution in [0, 0.1) is 5.82 Å². The fourth-order valence-electron chi connectivity index (χ4n) is 3.45. The third-order valence-corrected chi connectivity index (χ3v) is 5.00. The van der Waals surface area contributed by atoms with Crippen molar-refractivity contribution >= 4 is 5.57 Å². The number of alkyl halides is 4. The van der Waals surface area contributed by atoms with Gasteiger partial charge < -0.3 is 4.74 Å². The predicted molar refractivity (Wildman–Crippen MR) is 109 cm³/mol. The van der Waals surface area contributed by atoms with Gasteiger partial charge in [-0.1, -0.05) is 19.1 Å². The molecule has 3 rings (SSSR count). The topological polar surface area (TPSA) is 27.1 Å². The van der Waals surface area contributed by atoms with Crippen LogP contribution in [0.2, 0.25) is 0 Å². The van der Waals surface area contributed by atoms with Crippen LogP contribution < -0.4 is 4.74 Å².